The van der Waals surface area contributed by atoms with Crippen molar-refractivity contribution in [2.45, 2.75) is 6.42 Å². The SMILES string of the molecule is COc1cc(C2=CCc3ccccc32)ccc1Cl. The van der Waals surface area contributed by atoms with Crippen LogP contribution in [-0.4, -0.2) is 7.11 Å². The Morgan fingerprint density at radius 2 is 1.94 bits per heavy atom. The molecule has 2 heteroatoms. The molecule has 1 nitrogen and oxygen atoms in total. The molecule has 0 saturated carbocycles. The number of hydrogen-bond donors (Lipinski definition) is 0. The van der Waals surface area contributed by atoms with E-state index in [1.807, 2.05) is 18.2 Å². The second-order valence-corrected chi connectivity index (χ2v) is 4.74. The second-order valence-electron chi connectivity index (χ2n) is 4.33. The first-order valence-electron chi connectivity index (χ1n) is 5.92. The maximum Gasteiger partial charge on any atom is 0.138 e. The highest BCUT2D eigenvalue weighted by molar-refractivity contribution is 6.32. The van der Waals surface area contributed by atoms with Crippen LogP contribution in [0.5, 0.6) is 5.75 Å². The lowest BCUT2D eigenvalue weighted by Crippen LogP contribution is -1.89. The van der Waals surface area contributed by atoms with Crippen molar-refractivity contribution in [3.05, 3.63) is 70.3 Å². The third-order valence-corrected chi connectivity index (χ3v) is 3.61. The van der Waals surface area contributed by atoms with Crippen LogP contribution in [0.25, 0.3) is 5.57 Å². The maximum atomic E-state index is 6.06. The van der Waals surface area contributed by atoms with E-state index in [-0.39, 0.29) is 0 Å². The van der Waals surface area contributed by atoms with E-state index in [4.69, 9.17) is 16.3 Å². The van der Waals surface area contributed by atoms with Crippen LogP contribution in [0, 0.1) is 0 Å². The van der Waals surface area contributed by atoms with Gasteiger partial charge in [0, 0.05) is 0 Å². The molecular formula is C16H13ClO. The molecule has 1 aliphatic carbocycles. The van der Waals surface area contributed by atoms with Gasteiger partial charge in [0.15, 0.2) is 0 Å². The molecule has 2 aromatic carbocycles. The van der Waals surface area contributed by atoms with E-state index in [0.29, 0.717) is 5.02 Å². The molecule has 0 atom stereocenters. The van der Waals surface area contributed by atoms with Crippen LogP contribution in [0.2, 0.25) is 5.02 Å². The van der Waals surface area contributed by atoms with Crippen molar-refractivity contribution < 1.29 is 4.74 Å². The molecule has 0 spiro atoms. The van der Waals surface area contributed by atoms with E-state index in [2.05, 4.69) is 30.3 Å². The highest BCUT2D eigenvalue weighted by Crippen LogP contribution is 2.35. The largest absolute Gasteiger partial charge is 0.495 e. The third kappa shape index (κ3) is 1.81. The maximum absolute atomic E-state index is 6.06. The van der Waals surface area contributed by atoms with Gasteiger partial charge in [-0.3, -0.25) is 0 Å². The van der Waals surface area contributed by atoms with E-state index < -0.39 is 0 Å². The van der Waals surface area contributed by atoms with Crippen molar-refractivity contribution in [3.63, 3.8) is 0 Å². The van der Waals surface area contributed by atoms with E-state index >= 15 is 0 Å². The Morgan fingerprint density at radius 3 is 2.78 bits per heavy atom. The smallest absolute Gasteiger partial charge is 0.138 e. The minimum Gasteiger partial charge on any atom is -0.495 e. The zero-order valence-electron chi connectivity index (χ0n) is 10.1. The predicted molar refractivity (Wildman–Crippen MR) is 75.2 cm³/mol. The number of fused-ring (bicyclic) bond motifs is 1. The molecule has 0 fully saturated rings. The van der Waals surface area contributed by atoms with Crippen molar-refractivity contribution in [1.82, 2.24) is 0 Å². The number of methoxy groups -OCH3 is 1. The Hall–Kier alpha value is -1.73. The minimum absolute atomic E-state index is 0.646. The molecule has 0 heterocycles. The second kappa shape index (κ2) is 4.51. The minimum atomic E-state index is 0.646. The van der Waals surface area contributed by atoms with Gasteiger partial charge < -0.3 is 4.74 Å². The lowest BCUT2D eigenvalue weighted by molar-refractivity contribution is 0.415. The first kappa shape index (κ1) is 11.4. The lowest BCUT2D eigenvalue weighted by Gasteiger charge is -2.09. The molecular weight excluding hydrogens is 244 g/mol. The molecule has 0 aliphatic heterocycles. The molecule has 0 bridgehead atoms. The van der Waals surface area contributed by atoms with Gasteiger partial charge in [0.2, 0.25) is 0 Å². The van der Waals surface area contributed by atoms with Crippen LogP contribution >= 0.6 is 11.6 Å². The molecule has 18 heavy (non-hydrogen) atoms. The number of ether oxygens (including phenoxy) is 1. The van der Waals surface area contributed by atoms with Crippen molar-refractivity contribution in [2.24, 2.45) is 0 Å². The zero-order valence-corrected chi connectivity index (χ0v) is 10.9. The van der Waals surface area contributed by atoms with Gasteiger partial charge in [-0.15, -0.1) is 0 Å². The summed E-state index contributed by atoms with van der Waals surface area (Å²) in [6.45, 7) is 0. The summed E-state index contributed by atoms with van der Waals surface area (Å²) in [7, 11) is 1.64. The summed E-state index contributed by atoms with van der Waals surface area (Å²) in [5, 5.41) is 0.646. The molecule has 2 aromatic rings. The van der Waals surface area contributed by atoms with Crippen LogP contribution < -0.4 is 4.74 Å². The van der Waals surface area contributed by atoms with Gasteiger partial charge in [-0.05, 0) is 40.8 Å². The van der Waals surface area contributed by atoms with Crippen molar-refractivity contribution in [1.29, 1.82) is 0 Å². The van der Waals surface area contributed by atoms with E-state index in [1.54, 1.807) is 7.11 Å². The summed E-state index contributed by atoms with van der Waals surface area (Å²) in [4.78, 5) is 0. The van der Waals surface area contributed by atoms with Gasteiger partial charge in [0.05, 0.1) is 12.1 Å². The molecule has 0 saturated heterocycles. The summed E-state index contributed by atoms with van der Waals surface area (Å²) < 4.78 is 5.27. The van der Waals surface area contributed by atoms with Crippen LogP contribution in [-0.2, 0) is 6.42 Å². The van der Waals surface area contributed by atoms with Crippen LogP contribution in [0.3, 0.4) is 0 Å². The molecule has 90 valence electrons. The molecule has 0 radical (unpaired) electrons. The summed E-state index contributed by atoms with van der Waals surface area (Å²) in [5.41, 5.74) is 5.10. The summed E-state index contributed by atoms with van der Waals surface area (Å²) in [6, 6.07) is 14.4. The highest BCUT2D eigenvalue weighted by Gasteiger charge is 2.15. The van der Waals surface area contributed by atoms with Gasteiger partial charge >= 0.3 is 0 Å². The molecule has 3 rings (SSSR count). The number of hydrogen-bond acceptors (Lipinski definition) is 1. The Bertz CT molecular complexity index is 629. The topological polar surface area (TPSA) is 9.23 Å². The van der Waals surface area contributed by atoms with E-state index in [0.717, 1.165) is 17.7 Å². The number of benzene rings is 2. The average Bonchev–Trinajstić information content (AvgIpc) is 2.83. The lowest BCUT2D eigenvalue weighted by atomic mass is 9.99. The van der Waals surface area contributed by atoms with Crippen LogP contribution in [0.15, 0.2) is 48.5 Å². The first-order chi connectivity index (χ1) is 8.79. The fourth-order valence-electron chi connectivity index (χ4n) is 2.38. The van der Waals surface area contributed by atoms with Gasteiger partial charge in [-0.1, -0.05) is 48.0 Å². The molecule has 0 aromatic heterocycles. The monoisotopic (exact) mass is 256 g/mol. The number of halogens is 1. The van der Waals surface area contributed by atoms with Crippen LogP contribution in [0.1, 0.15) is 16.7 Å². The van der Waals surface area contributed by atoms with Crippen molar-refractivity contribution >= 4 is 17.2 Å². The number of rotatable bonds is 2. The van der Waals surface area contributed by atoms with Gasteiger partial charge in [-0.25, -0.2) is 0 Å². The molecule has 0 unspecified atom stereocenters. The number of allylic oxidation sites excluding steroid dienone is 1. The Balaban J connectivity index is 2.07. The molecule has 0 amide bonds. The predicted octanol–water partition coefficient (Wildman–Crippen LogP) is 4.34. The van der Waals surface area contributed by atoms with E-state index in [1.165, 1.54) is 16.7 Å². The summed E-state index contributed by atoms with van der Waals surface area (Å²) >= 11 is 6.06. The Kier molecular flexibility index (Phi) is 2.85. The summed E-state index contributed by atoms with van der Waals surface area (Å²) in [6.07, 6.45) is 3.25. The van der Waals surface area contributed by atoms with Gasteiger partial charge in [-0.2, -0.15) is 0 Å². The summed E-state index contributed by atoms with van der Waals surface area (Å²) in [5.74, 6) is 0.722. The first-order valence-corrected chi connectivity index (χ1v) is 6.30. The van der Waals surface area contributed by atoms with E-state index in [9.17, 15) is 0 Å². The third-order valence-electron chi connectivity index (χ3n) is 3.30. The molecule has 0 N–H and O–H groups in total. The normalized spacial score (nSPS) is 13.1. The fraction of sp³-hybridized carbons (Fsp3) is 0.125. The highest BCUT2D eigenvalue weighted by atomic mass is 35.5. The molecule has 1 aliphatic rings. The standard InChI is InChI=1S/C16H13ClO/c1-18-16-10-12(7-9-15(16)17)14-8-6-11-4-2-3-5-13(11)14/h2-5,7-10H,6H2,1H3. The zero-order chi connectivity index (χ0) is 12.5. The van der Waals surface area contributed by atoms with Crippen LogP contribution in [0.4, 0.5) is 0 Å². The Morgan fingerprint density at radius 1 is 1.11 bits per heavy atom. The van der Waals surface area contributed by atoms with Crippen molar-refractivity contribution in [3.8, 4) is 5.75 Å². The quantitative estimate of drug-likeness (QED) is 0.777. The van der Waals surface area contributed by atoms with Gasteiger partial charge in [0.1, 0.15) is 5.75 Å². The Labute approximate surface area is 112 Å². The van der Waals surface area contributed by atoms with Crippen molar-refractivity contribution in [2.75, 3.05) is 7.11 Å². The average molecular weight is 257 g/mol. The fourth-order valence-corrected chi connectivity index (χ4v) is 2.58. The van der Waals surface area contributed by atoms with Gasteiger partial charge in [0.25, 0.3) is 0 Å².